The second-order valence-corrected chi connectivity index (χ2v) is 11.7. The lowest BCUT2D eigenvalue weighted by Gasteiger charge is -2.48. The molecule has 1 aromatic heterocycles. The van der Waals surface area contributed by atoms with Gasteiger partial charge in [0.15, 0.2) is 0 Å². The van der Waals surface area contributed by atoms with Crippen LogP contribution in [0.15, 0.2) is 48.7 Å². The number of aromatic nitrogens is 2. The minimum Gasteiger partial charge on any atom is -0.487 e. The molecular weight excluding hydrogens is 514 g/mol. The number of fused-ring (bicyclic) bond motifs is 1. The normalized spacial score (nSPS) is 19.0. The summed E-state index contributed by atoms with van der Waals surface area (Å²) in [5.74, 6) is -0.397. The van der Waals surface area contributed by atoms with E-state index in [1.807, 2.05) is 29.1 Å². The molecule has 2 heterocycles. The van der Waals surface area contributed by atoms with Crippen LogP contribution >= 0.6 is 0 Å². The molecule has 0 unspecified atom stereocenters. The Balaban J connectivity index is 1.35. The maximum absolute atomic E-state index is 13.8. The molecule has 1 aliphatic heterocycles. The third-order valence-corrected chi connectivity index (χ3v) is 7.85. The van der Waals surface area contributed by atoms with Crippen molar-refractivity contribution < 1.29 is 23.4 Å². The van der Waals surface area contributed by atoms with Crippen LogP contribution in [0.25, 0.3) is 11.3 Å². The zero-order chi connectivity index (χ0) is 28.4. The Morgan fingerprint density at radius 3 is 2.58 bits per heavy atom. The molecule has 5 rings (SSSR count). The van der Waals surface area contributed by atoms with Gasteiger partial charge in [-0.1, -0.05) is 13.8 Å². The number of aliphatic hydroxyl groups excluding tert-OH is 1. The van der Waals surface area contributed by atoms with E-state index >= 15 is 0 Å². The lowest BCUT2D eigenvalue weighted by atomic mass is 9.72. The molecule has 3 N–H and O–H groups in total. The summed E-state index contributed by atoms with van der Waals surface area (Å²) >= 11 is 0. The summed E-state index contributed by atoms with van der Waals surface area (Å²) in [6, 6.07) is 10.6. The molecule has 9 heteroatoms. The molecule has 40 heavy (non-hydrogen) atoms. The molecule has 3 aromatic rings. The molecule has 7 nitrogen and oxygen atoms in total. The Morgan fingerprint density at radius 2 is 1.93 bits per heavy atom. The topological polar surface area (TPSA) is 88.4 Å². The number of hydrogen-bond donors (Lipinski definition) is 3. The van der Waals surface area contributed by atoms with Gasteiger partial charge in [-0.3, -0.25) is 9.48 Å². The molecule has 3 atom stereocenters. The highest BCUT2D eigenvalue weighted by atomic mass is 19.1. The number of amides is 1. The molecule has 2 aliphatic rings. The lowest BCUT2D eigenvalue weighted by Crippen LogP contribution is -2.52. The number of hydrogen-bond acceptors (Lipinski definition) is 5. The van der Waals surface area contributed by atoms with Crippen LogP contribution in [-0.4, -0.2) is 45.1 Å². The smallest absolute Gasteiger partial charge is 0.217 e. The second-order valence-electron chi connectivity index (χ2n) is 11.7. The van der Waals surface area contributed by atoms with Gasteiger partial charge in [-0.25, -0.2) is 8.78 Å². The van der Waals surface area contributed by atoms with Crippen molar-refractivity contribution in [1.29, 1.82) is 0 Å². The Morgan fingerprint density at radius 1 is 1.18 bits per heavy atom. The van der Waals surface area contributed by atoms with E-state index in [0.717, 1.165) is 60.9 Å². The SMILES string of the molecule is CC(=O)N[C@@H](Cc1cc(F)cc(F)c1)[C@H](O)CN[C@H]1CC2(CCC2)Oc2ccc(-c3ccn(CC(C)C)n3)cc21. The van der Waals surface area contributed by atoms with E-state index in [1.54, 1.807) is 0 Å². The van der Waals surface area contributed by atoms with Gasteiger partial charge in [0.05, 0.1) is 17.8 Å². The first kappa shape index (κ1) is 28.2. The second kappa shape index (κ2) is 11.7. The number of carbonyl (C=O) groups excluding carboxylic acids is 1. The summed E-state index contributed by atoms with van der Waals surface area (Å²) in [7, 11) is 0. The van der Waals surface area contributed by atoms with Gasteiger partial charge in [0.2, 0.25) is 5.91 Å². The maximum Gasteiger partial charge on any atom is 0.217 e. The summed E-state index contributed by atoms with van der Waals surface area (Å²) in [5.41, 5.74) is 3.03. The summed E-state index contributed by atoms with van der Waals surface area (Å²) < 4.78 is 36.0. The van der Waals surface area contributed by atoms with Gasteiger partial charge in [0.25, 0.3) is 0 Å². The van der Waals surface area contributed by atoms with Gasteiger partial charge in [-0.15, -0.1) is 0 Å². The van der Waals surface area contributed by atoms with Crippen LogP contribution < -0.4 is 15.4 Å². The molecule has 1 amide bonds. The van der Waals surface area contributed by atoms with Crippen LogP contribution in [0, 0.1) is 17.6 Å². The van der Waals surface area contributed by atoms with E-state index in [-0.39, 0.29) is 30.5 Å². The summed E-state index contributed by atoms with van der Waals surface area (Å²) in [6.07, 6.45) is 4.93. The highest BCUT2D eigenvalue weighted by molar-refractivity contribution is 5.73. The Bertz CT molecular complexity index is 1330. The molecule has 0 saturated heterocycles. The van der Waals surface area contributed by atoms with Gasteiger partial charge in [-0.05, 0) is 73.6 Å². The molecule has 1 aliphatic carbocycles. The molecular formula is C31H38F2N4O3. The molecule has 1 saturated carbocycles. The fourth-order valence-corrected chi connectivity index (χ4v) is 5.81. The molecule has 214 valence electrons. The third-order valence-electron chi connectivity index (χ3n) is 7.85. The Kier molecular flexibility index (Phi) is 8.24. The number of nitrogens with zero attached hydrogens (tertiary/aromatic N) is 2. The Hall–Kier alpha value is -3.30. The average molecular weight is 553 g/mol. The number of carbonyl (C=O) groups is 1. The number of aliphatic hydroxyl groups is 1. The first-order valence-corrected chi connectivity index (χ1v) is 14.1. The number of halogens is 2. The van der Waals surface area contributed by atoms with Crippen molar-refractivity contribution in [1.82, 2.24) is 20.4 Å². The number of nitrogens with one attached hydrogen (secondary N) is 2. The van der Waals surface area contributed by atoms with Crippen molar-refractivity contribution in [2.75, 3.05) is 6.54 Å². The monoisotopic (exact) mass is 552 g/mol. The van der Waals surface area contributed by atoms with Crippen molar-refractivity contribution in [2.24, 2.45) is 5.92 Å². The summed E-state index contributed by atoms with van der Waals surface area (Å²) in [5, 5.41) is 22.2. The van der Waals surface area contributed by atoms with Gasteiger partial charge in [0.1, 0.15) is 23.0 Å². The molecule has 0 radical (unpaired) electrons. The lowest BCUT2D eigenvalue weighted by molar-refractivity contribution is -0.120. The van der Waals surface area contributed by atoms with Crippen molar-refractivity contribution in [3.05, 3.63) is 71.4 Å². The maximum atomic E-state index is 13.8. The van der Waals surface area contributed by atoms with E-state index in [0.29, 0.717) is 11.5 Å². The van der Waals surface area contributed by atoms with Crippen molar-refractivity contribution in [3.63, 3.8) is 0 Å². The van der Waals surface area contributed by atoms with Gasteiger partial charge >= 0.3 is 0 Å². The average Bonchev–Trinajstić information content (AvgIpc) is 3.32. The van der Waals surface area contributed by atoms with Crippen LogP contribution in [0.1, 0.15) is 63.6 Å². The minimum atomic E-state index is -0.992. The van der Waals surface area contributed by atoms with E-state index in [9.17, 15) is 18.7 Å². The first-order valence-electron chi connectivity index (χ1n) is 14.1. The molecule has 2 aromatic carbocycles. The van der Waals surface area contributed by atoms with Gasteiger partial charge in [-0.2, -0.15) is 5.10 Å². The van der Waals surface area contributed by atoms with Crippen LogP contribution in [-0.2, 0) is 17.8 Å². The minimum absolute atomic E-state index is 0.0824. The highest BCUT2D eigenvalue weighted by Crippen LogP contribution is 2.49. The molecule has 1 fully saturated rings. The van der Waals surface area contributed by atoms with E-state index in [2.05, 4.69) is 30.5 Å². The van der Waals surface area contributed by atoms with Crippen molar-refractivity contribution in [2.45, 2.75) is 83.2 Å². The molecule has 1 spiro atoms. The molecule has 0 bridgehead atoms. The Labute approximate surface area is 233 Å². The highest BCUT2D eigenvalue weighted by Gasteiger charge is 2.45. The van der Waals surface area contributed by atoms with Crippen LogP contribution in [0.2, 0.25) is 0 Å². The summed E-state index contributed by atoms with van der Waals surface area (Å²) in [4.78, 5) is 11.9. The predicted molar refractivity (Wildman–Crippen MR) is 149 cm³/mol. The summed E-state index contributed by atoms with van der Waals surface area (Å²) in [6.45, 7) is 6.70. The van der Waals surface area contributed by atoms with E-state index in [4.69, 9.17) is 9.84 Å². The van der Waals surface area contributed by atoms with Crippen LogP contribution in [0.3, 0.4) is 0 Å². The third kappa shape index (κ3) is 6.53. The first-order chi connectivity index (χ1) is 19.1. The zero-order valence-electron chi connectivity index (χ0n) is 23.3. The van der Waals surface area contributed by atoms with Crippen LogP contribution in [0.4, 0.5) is 8.78 Å². The van der Waals surface area contributed by atoms with Crippen LogP contribution in [0.5, 0.6) is 5.75 Å². The number of ether oxygens (including phenoxy) is 1. The van der Waals surface area contributed by atoms with Gasteiger partial charge < -0.3 is 20.5 Å². The number of rotatable bonds is 10. The van der Waals surface area contributed by atoms with E-state index < -0.39 is 23.8 Å². The predicted octanol–water partition coefficient (Wildman–Crippen LogP) is 4.93. The fraction of sp³-hybridized carbons (Fsp3) is 0.484. The quantitative estimate of drug-likeness (QED) is 0.332. The van der Waals surface area contributed by atoms with Crippen molar-refractivity contribution in [3.8, 4) is 17.0 Å². The zero-order valence-corrected chi connectivity index (χ0v) is 23.3. The van der Waals surface area contributed by atoms with Gasteiger partial charge in [0, 0.05) is 55.9 Å². The standard InChI is InChI=1S/C31H38F2N4O3/c1-19(2)18-37-10-7-26(36-37)22-5-6-30-25(14-22)28(16-31(40-30)8-4-9-31)34-17-29(39)27(35-20(3)38)13-21-11-23(32)15-24(33)12-21/h5-7,10-12,14-15,19,27-29,34,39H,4,8-9,13,16-18H2,1-3H3,(H,35,38)/t27-,28-,29+/m0/s1. The van der Waals surface area contributed by atoms with Crippen molar-refractivity contribution >= 4 is 5.91 Å². The fourth-order valence-electron chi connectivity index (χ4n) is 5.81. The number of benzene rings is 2. The largest absolute Gasteiger partial charge is 0.487 e. The van der Waals surface area contributed by atoms with E-state index in [1.165, 1.54) is 19.1 Å².